The molecule has 1 heterocycles. The van der Waals surface area contributed by atoms with Crippen molar-refractivity contribution in [1.29, 1.82) is 0 Å². The van der Waals surface area contributed by atoms with Gasteiger partial charge in [0.15, 0.2) is 0 Å². The first-order chi connectivity index (χ1) is 9.03. The van der Waals surface area contributed by atoms with Crippen molar-refractivity contribution in [1.82, 2.24) is 4.98 Å². The van der Waals surface area contributed by atoms with Crippen LogP contribution in [0.4, 0.5) is 0 Å². The van der Waals surface area contributed by atoms with Gasteiger partial charge in [-0.15, -0.1) is 11.3 Å². The molecular formula is C14H12BrNO2S. The molecule has 0 amide bonds. The van der Waals surface area contributed by atoms with Gasteiger partial charge in [0, 0.05) is 15.4 Å². The molecule has 1 aromatic heterocycles. The molecule has 19 heavy (non-hydrogen) atoms. The molecule has 1 aliphatic carbocycles. The highest BCUT2D eigenvalue weighted by Gasteiger charge is 2.54. The van der Waals surface area contributed by atoms with Crippen molar-refractivity contribution in [2.75, 3.05) is 0 Å². The minimum absolute atomic E-state index is 0.701. The fourth-order valence-corrected chi connectivity index (χ4v) is 3.56. The third-order valence-corrected chi connectivity index (χ3v) is 5.09. The van der Waals surface area contributed by atoms with Crippen LogP contribution in [-0.2, 0) is 10.2 Å². The van der Waals surface area contributed by atoms with E-state index in [1.54, 1.807) is 0 Å². The number of aromatic nitrogens is 1. The molecule has 1 saturated carbocycles. The van der Waals surface area contributed by atoms with Gasteiger partial charge in [0.05, 0.1) is 5.69 Å². The number of thiazole rings is 1. The first-order valence-corrected chi connectivity index (χ1v) is 7.66. The monoisotopic (exact) mass is 337 g/mol. The normalized spacial score (nSPS) is 16.3. The lowest BCUT2D eigenvalue weighted by Gasteiger charge is -2.05. The molecule has 1 aromatic carbocycles. The largest absolute Gasteiger partial charge is 0.481 e. The fraction of sp³-hybridized carbons (Fsp3) is 0.286. The predicted octanol–water partition coefficient (Wildman–Crippen LogP) is 4.00. The molecule has 1 fully saturated rings. The molecule has 3 nitrogen and oxygen atoms in total. The first kappa shape index (κ1) is 12.8. The maximum absolute atomic E-state index is 11.3. The van der Waals surface area contributed by atoms with E-state index in [1.807, 2.05) is 30.5 Å². The van der Waals surface area contributed by atoms with Crippen LogP contribution in [0.5, 0.6) is 0 Å². The van der Waals surface area contributed by atoms with Crippen molar-refractivity contribution in [3.63, 3.8) is 0 Å². The van der Waals surface area contributed by atoms with Crippen LogP contribution in [0.2, 0.25) is 0 Å². The Morgan fingerprint density at radius 3 is 2.84 bits per heavy atom. The van der Waals surface area contributed by atoms with E-state index in [1.165, 1.54) is 11.3 Å². The van der Waals surface area contributed by atoms with Gasteiger partial charge in [-0.2, -0.15) is 0 Å². The van der Waals surface area contributed by atoms with E-state index in [2.05, 4.69) is 20.9 Å². The summed E-state index contributed by atoms with van der Waals surface area (Å²) in [7, 11) is 0. The molecule has 0 radical (unpaired) electrons. The Bertz CT molecular complexity index is 661. The maximum atomic E-state index is 11.3. The van der Waals surface area contributed by atoms with E-state index in [9.17, 15) is 9.90 Å². The summed E-state index contributed by atoms with van der Waals surface area (Å²) in [4.78, 5) is 15.9. The molecule has 0 spiro atoms. The number of carboxylic acid groups (broad SMARTS) is 1. The summed E-state index contributed by atoms with van der Waals surface area (Å²) >= 11 is 4.91. The fourth-order valence-electron chi connectivity index (χ4n) is 2.13. The Morgan fingerprint density at radius 2 is 2.21 bits per heavy atom. The molecule has 1 aliphatic rings. The van der Waals surface area contributed by atoms with Crippen molar-refractivity contribution in [3.05, 3.63) is 38.6 Å². The molecular weight excluding hydrogens is 326 g/mol. The van der Waals surface area contributed by atoms with Crippen LogP contribution in [0, 0.1) is 6.92 Å². The van der Waals surface area contributed by atoms with Gasteiger partial charge >= 0.3 is 5.97 Å². The molecule has 1 N–H and O–H groups in total. The summed E-state index contributed by atoms with van der Waals surface area (Å²) < 4.78 is 1.00. The van der Waals surface area contributed by atoms with Crippen LogP contribution in [0.25, 0.3) is 11.3 Å². The molecule has 2 aromatic rings. The number of hydrogen-bond donors (Lipinski definition) is 1. The lowest BCUT2D eigenvalue weighted by molar-refractivity contribution is -0.140. The second kappa shape index (κ2) is 4.42. The topological polar surface area (TPSA) is 50.2 Å². The molecule has 0 unspecified atom stereocenters. The highest BCUT2D eigenvalue weighted by Crippen LogP contribution is 2.50. The van der Waals surface area contributed by atoms with Crippen molar-refractivity contribution < 1.29 is 9.90 Å². The smallest absolute Gasteiger partial charge is 0.316 e. The molecule has 0 saturated heterocycles. The highest BCUT2D eigenvalue weighted by atomic mass is 79.9. The van der Waals surface area contributed by atoms with Crippen molar-refractivity contribution in [2.45, 2.75) is 25.2 Å². The number of halogens is 1. The zero-order valence-electron chi connectivity index (χ0n) is 10.3. The van der Waals surface area contributed by atoms with Gasteiger partial charge in [-0.1, -0.05) is 22.0 Å². The molecule has 0 bridgehead atoms. The average molecular weight is 338 g/mol. The Labute approximate surface area is 123 Å². The zero-order valence-corrected chi connectivity index (χ0v) is 12.7. The van der Waals surface area contributed by atoms with E-state index >= 15 is 0 Å². The summed E-state index contributed by atoms with van der Waals surface area (Å²) in [6.07, 6.45) is 1.40. The van der Waals surface area contributed by atoms with Gasteiger partial charge in [-0.05, 0) is 37.5 Å². The number of nitrogens with zero attached hydrogens (tertiary/aromatic N) is 1. The lowest BCUT2D eigenvalue weighted by atomic mass is 10.1. The number of aryl methyl sites for hydroxylation is 1. The second-order valence-corrected chi connectivity index (χ2v) is 6.66. The Morgan fingerprint density at radius 1 is 1.47 bits per heavy atom. The quantitative estimate of drug-likeness (QED) is 0.920. The van der Waals surface area contributed by atoms with E-state index in [0.29, 0.717) is 12.8 Å². The van der Waals surface area contributed by atoms with Crippen molar-refractivity contribution >= 4 is 33.2 Å². The summed E-state index contributed by atoms with van der Waals surface area (Å²) in [5.41, 5.74) is 2.35. The molecule has 0 atom stereocenters. The standard InChI is InChI=1S/C14H12BrNO2S/c1-8-2-3-9(15)6-10(8)11-7-19-12(16-11)14(4-5-14)13(17)18/h2-3,6-7H,4-5H2,1H3,(H,17,18). The summed E-state index contributed by atoms with van der Waals surface area (Å²) in [6.45, 7) is 2.03. The van der Waals surface area contributed by atoms with Crippen LogP contribution in [0.15, 0.2) is 28.1 Å². The van der Waals surface area contributed by atoms with Gasteiger partial charge in [-0.3, -0.25) is 4.79 Å². The predicted molar refractivity (Wildman–Crippen MR) is 78.5 cm³/mol. The Balaban J connectivity index is 2.02. The van der Waals surface area contributed by atoms with Gasteiger partial charge in [0.1, 0.15) is 10.4 Å². The van der Waals surface area contributed by atoms with Gasteiger partial charge in [-0.25, -0.2) is 4.98 Å². The van der Waals surface area contributed by atoms with E-state index in [-0.39, 0.29) is 0 Å². The van der Waals surface area contributed by atoms with E-state index in [4.69, 9.17) is 0 Å². The molecule has 5 heteroatoms. The van der Waals surface area contributed by atoms with Crippen LogP contribution >= 0.6 is 27.3 Å². The Hall–Kier alpha value is -1.20. The lowest BCUT2D eigenvalue weighted by Crippen LogP contribution is -2.19. The third-order valence-electron chi connectivity index (χ3n) is 3.55. The van der Waals surface area contributed by atoms with Crippen LogP contribution in [0.3, 0.4) is 0 Å². The zero-order chi connectivity index (χ0) is 13.6. The molecule has 98 valence electrons. The number of carboxylic acids is 1. The number of carbonyl (C=O) groups is 1. The van der Waals surface area contributed by atoms with Gasteiger partial charge in [0.2, 0.25) is 0 Å². The first-order valence-electron chi connectivity index (χ1n) is 5.99. The number of aliphatic carboxylic acids is 1. The number of rotatable bonds is 3. The SMILES string of the molecule is Cc1ccc(Br)cc1-c1csc(C2(C(=O)O)CC2)n1. The van der Waals surface area contributed by atoms with E-state index < -0.39 is 11.4 Å². The third kappa shape index (κ3) is 2.11. The summed E-state index contributed by atoms with van der Waals surface area (Å²) in [5, 5.41) is 12.0. The average Bonchev–Trinajstić information content (AvgIpc) is 3.05. The molecule has 3 rings (SSSR count). The minimum Gasteiger partial charge on any atom is -0.481 e. The van der Waals surface area contributed by atoms with Crippen molar-refractivity contribution in [3.8, 4) is 11.3 Å². The maximum Gasteiger partial charge on any atom is 0.316 e. The van der Waals surface area contributed by atoms with Crippen molar-refractivity contribution in [2.24, 2.45) is 0 Å². The highest BCUT2D eigenvalue weighted by molar-refractivity contribution is 9.10. The van der Waals surface area contributed by atoms with Gasteiger partial charge in [0.25, 0.3) is 0 Å². The second-order valence-electron chi connectivity index (χ2n) is 4.88. The summed E-state index contributed by atoms with van der Waals surface area (Å²) in [6, 6.07) is 6.04. The minimum atomic E-state index is -0.751. The molecule has 0 aliphatic heterocycles. The number of benzene rings is 1. The van der Waals surface area contributed by atoms with Crippen LogP contribution in [0.1, 0.15) is 23.4 Å². The summed E-state index contributed by atoms with van der Waals surface area (Å²) in [5.74, 6) is -0.751. The number of hydrogen-bond acceptors (Lipinski definition) is 3. The van der Waals surface area contributed by atoms with Crippen LogP contribution < -0.4 is 0 Å². The Kier molecular flexibility index (Phi) is 2.98. The van der Waals surface area contributed by atoms with Gasteiger partial charge < -0.3 is 5.11 Å². The van der Waals surface area contributed by atoms with Crippen LogP contribution in [-0.4, -0.2) is 16.1 Å². The van der Waals surface area contributed by atoms with E-state index in [0.717, 1.165) is 26.3 Å².